The molecule has 1 aliphatic rings. The quantitative estimate of drug-likeness (QED) is 0.271. The maximum Gasteiger partial charge on any atom is 0.220 e. The summed E-state index contributed by atoms with van der Waals surface area (Å²) in [6.07, 6.45) is 7.74. The summed E-state index contributed by atoms with van der Waals surface area (Å²) in [5.74, 6) is 0.742. The lowest BCUT2D eigenvalue weighted by Gasteiger charge is -2.34. The summed E-state index contributed by atoms with van der Waals surface area (Å²) in [4.78, 5) is 0. The van der Waals surface area contributed by atoms with Gasteiger partial charge in [-0.25, -0.2) is 4.57 Å². The number of pyridine rings is 1. The zero-order chi connectivity index (χ0) is 23.0. The zero-order valence-corrected chi connectivity index (χ0v) is 22.4. The lowest BCUT2D eigenvalue weighted by molar-refractivity contribution is -0.659. The first-order chi connectivity index (χ1) is 15.3. The van der Waals surface area contributed by atoms with E-state index < -0.39 is 8.07 Å². The first kappa shape index (κ1) is 23.2. The van der Waals surface area contributed by atoms with Crippen molar-refractivity contribution in [3.8, 4) is 11.3 Å². The van der Waals surface area contributed by atoms with Crippen LogP contribution in [0.15, 0.2) is 42.6 Å². The third-order valence-corrected chi connectivity index (χ3v) is 15.0. The molecule has 1 nitrogen and oxygen atoms in total. The fraction of sp³-hybridized carbons (Fsp3) is 0.500. The number of nitrogens with zero attached hydrogens (tertiary/aromatic N) is 1. The molecule has 0 radical (unpaired) electrons. The SMILES string of the molecule is CC[Si](CC)(c1ccc2c(-c3cc(C4CCCC4)cc(C)c3C)[n+](C)ccc2c1)C(C)C. The average molecular weight is 445 g/mol. The van der Waals surface area contributed by atoms with Gasteiger partial charge in [-0.1, -0.05) is 76.0 Å². The number of rotatable bonds is 6. The minimum Gasteiger partial charge on any atom is -0.200 e. The van der Waals surface area contributed by atoms with Crippen LogP contribution in [-0.2, 0) is 7.05 Å². The molecular weight excluding hydrogens is 402 g/mol. The topological polar surface area (TPSA) is 3.88 Å². The summed E-state index contributed by atoms with van der Waals surface area (Å²) in [5.41, 5.74) is 7.97. The number of aryl methyl sites for hydroxylation is 2. The molecule has 1 aromatic heterocycles. The molecule has 0 bridgehead atoms. The molecule has 0 atom stereocenters. The van der Waals surface area contributed by atoms with Crippen LogP contribution in [0.2, 0.25) is 17.6 Å². The second-order valence-electron chi connectivity index (χ2n) is 10.6. The van der Waals surface area contributed by atoms with Crippen LogP contribution in [0.1, 0.15) is 76.0 Å². The van der Waals surface area contributed by atoms with Crippen molar-refractivity contribution >= 4 is 24.0 Å². The van der Waals surface area contributed by atoms with E-state index in [2.05, 4.69) is 95.8 Å². The van der Waals surface area contributed by atoms with Crippen LogP contribution < -0.4 is 9.75 Å². The summed E-state index contributed by atoms with van der Waals surface area (Å²) >= 11 is 0. The van der Waals surface area contributed by atoms with Gasteiger partial charge in [0.25, 0.3) is 0 Å². The van der Waals surface area contributed by atoms with Gasteiger partial charge in [0.05, 0.1) is 19.0 Å². The molecule has 0 amide bonds. The number of fused-ring (bicyclic) bond motifs is 1. The van der Waals surface area contributed by atoms with Crippen molar-refractivity contribution in [3.63, 3.8) is 0 Å². The normalized spacial score (nSPS) is 15.2. The molecule has 0 aliphatic heterocycles. The molecule has 0 saturated heterocycles. The van der Waals surface area contributed by atoms with Gasteiger partial charge in [-0.15, -0.1) is 0 Å². The highest BCUT2D eigenvalue weighted by Crippen LogP contribution is 2.38. The fourth-order valence-electron chi connectivity index (χ4n) is 6.45. The molecule has 1 fully saturated rings. The molecule has 170 valence electrons. The van der Waals surface area contributed by atoms with Crippen LogP contribution in [0.4, 0.5) is 0 Å². The highest BCUT2D eigenvalue weighted by atomic mass is 28.3. The summed E-state index contributed by atoms with van der Waals surface area (Å²) in [5, 5.41) is 4.43. The van der Waals surface area contributed by atoms with E-state index in [4.69, 9.17) is 0 Å². The standard InChI is InChI=1S/C30H42NSi/c1-8-32(9-2,21(3)4)27-14-15-28-25(19-27)16-17-31(7)30(28)29-20-26(18-22(5)23(29)6)24-12-10-11-13-24/h14-21,24H,8-13H2,1-7H3/q+1. The number of benzene rings is 2. The van der Waals surface area contributed by atoms with E-state index in [1.165, 1.54) is 70.9 Å². The minimum atomic E-state index is -1.48. The molecule has 1 saturated carbocycles. The van der Waals surface area contributed by atoms with E-state index in [1.54, 1.807) is 10.8 Å². The Balaban J connectivity index is 1.92. The van der Waals surface area contributed by atoms with Gasteiger partial charge in [0.15, 0.2) is 6.20 Å². The van der Waals surface area contributed by atoms with Crippen molar-refractivity contribution in [1.29, 1.82) is 0 Å². The highest BCUT2D eigenvalue weighted by Gasteiger charge is 2.35. The van der Waals surface area contributed by atoms with Crippen molar-refractivity contribution in [2.45, 2.75) is 90.8 Å². The summed E-state index contributed by atoms with van der Waals surface area (Å²) in [7, 11) is 0.735. The van der Waals surface area contributed by atoms with Gasteiger partial charge in [-0.3, -0.25) is 0 Å². The monoisotopic (exact) mass is 444 g/mol. The second kappa shape index (κ2) is 9.13. The van der Waals surface area contributed by atoms with Crippen molar-refractivity contribution in [2.75, 3.05) is 0 Å². The molecule has 0 unspecified atom stereocenters. The first-order valence-corrected chi connectivity index (χ1v) is 15.4. The number of hydrogen-bond donors (Lipinski definition) is 0. The predicted octanol–water partition coefficient (Wildman–Crippen LogP) is 7.71. The van der Waals surface area contributed by atoms with E-state index >= 15 is 0 Å². The molecule has 32 heavy (non-hydrogen) atoms. The first-order valence-electron chi connectivity index (χ1n) is 12.9. The van der Waals surface area contributed by atoms with E-state index in [0.717, 1.165) is 11.5 Å². The summed E-state index contributed by atoms with van der Waals surface area (Å²) in [6, 6.07) is 17.4. The van der Waals surface area contributed by atoms with Crippen LogP contribution in [0.3, 0.4) is 0 Å². The Kier molecular flexibility index (Phi) is 6.63. The third kappa shape index (κ3) is 3.85. The van der Waals surface area contributed by atoms with E-state index in [-0.39, 0.29) is 0 Å². The summed E-state index contributed by atoms with van der Waals surface area (Å²) in [6.45, 7) is 14.3. The molecule has 2 aromatic carbocycles. The van der Waals surface area contributed by atoms with Gasteiger partial charge >= 0.3 is 0 Å². The lowest BCUT2D eigenvalue weighted by atomic mass is 9.89. The zero-order valence-electron chi connectivity index (χ0n) is 21.4. The molecule has 4 rings (SSSR count). The molecule has 1 heterocycles. The smallest absolute Gasteiger partial charge is 0.200 e. The molecular formula is C30H42NSi+. The Hall–Kier alpha value is -1.93. The van der Waals surface area contributed by atoms with Crippen LogP contribution >= 0.6 is 0 Å². The van der Waals surface area contributed by atoms with Crippen LogP contribution in [0.5, 0.6) is 0 Å². The van der Waals surface area contributed by atoms with Crippen molar-refractivity contribution in [3.05, 3.63) is 59.3 Å². The average Bonchev–Trinajstić information content (AvgIpc) is 3.32. The lowest BCUT2D eigenvalue weighted by Crippen LogP contribution is -2.49. The highest BCUT2D eigenvalue weighted by molar-refractivity contribution is 6.92. The largest absolute Gasteiger partial charge is 0.220 e. The Morgan fingerprint density at radius 2 is 1.66 bits per heavy atom. The van der Waals surface area contributed by atoms with Crippen LogP contribution in [-0.4, -0.2) is 8.07 Å². The Labute approximate surface area is 196 Å². The predicted molar refractivity (Wildman–Crippen MR) is 143 cm³/mol. The van der Waals surface area contributed by atoms with E-state index in [9.17, 15) is 0 Å². The van der Waals surface area contributed by atoms with Gasteiger partial charge in [-0.2, -0.15) is 0 Å². The maximum atomic E-state index is 2.54. The Morgan fingerprint density at radius 3 is 2.28 bits per heavy atom. The fourth-order valence-corrected chi connectivity index (χ4v) is 10.9. The second-order valence-corrected chi connectivity index (χ2v) is 16.0. The minimum absolute atomic E-state index is 0.742. The van der Waals surface area contributed by atoms with Gasteiger partial charge in [0.2, 0.25) is 5.69 Å². The Morgan fingerprint density at radius 1 is 0.969 bits per heavy atom. The molecule has 2 heteroatoms. The maximum absolute atomic E-state index is 2.54. The van der Waals surface area contributed by atoms with Gasteiger partial charge in [-0.05, 0) is 72.4 Å². The van der Waals surface area contributed by atoms with Crippen molar-refractivity contribution in [2.24, 2.45) is 7.05 Å². The van der Waals surface area contributed by atoms with Gasteiger partial charge in [0, 0.05) is 6.07 Å². The number of aromatic nitrogens is 1. The number of hydrogen-bond acceptors (Lipinski definition) is 0. The van der Waals surface area contributed by atoms with Crippen molar-refractivity contribution in [1.82, 2.24) is 0 Å². The Bertz CT molecular complexity index is 1120. The molecule has 1 aliphatic carbocycles. The van der Waals surface area contributed by atoms with Crippen molar-refractivity contribution < 1.29 is 4.57 Å². The molecule has 0 spiro atoms. The molecule has 0 N–H and O–H groups in total. The van der Waals surface area contributed by atoms with E-state index in [0.29, 0.717) is 0 Å². The van der Waals surface area contributed by atoms with Gasteiger partial charge in [0.1, 0.15) is 7.05 Å². The molecule has 3 aromatic rings. The van der Waals surface area contributed by atoms with Gasteiger partial charge < -0.3 is 0 Å². The third-order valence-electron chi connectivity index (χ3n) is 8.85. The van der Waals surface area contributed by atoms with E-state index in [1.807, 2.05) is 0 Å². The van der Waals surface area contributed by atoms with Crippen LogP contribution in [0, 0.1) is 13.8 Å². The van der Waals surface area contributed by atoms with Crippen LogP contribution in [0.25, 0.3) is 22.0 Å². The summed E-state index contributed by atoms with van der Waals surface area (Å²) < 4.78 is 2.34.